The number of methoxy groups -OCH3 is 1. The van der Waals surface area contributed by atoms with Crippen LogP contribution in [0.4, 0.5) is 5.69 Å². The van der Waals surface area contributed by atoms with Gasteiger partial charge in [0.05, 0.1) is 12.0 Å². The summed E-state index contributed by atoms with van der Waals surface area (Å²) in [4.78, 5) is 12.7. The number of hydrogen-bond acceptors (Lipinski definition) is 3. The lowest BCUT2D eigenvalue weighted by Gasteiger charge is -2.35. The van der Waals surface area contributed by atoms with E-state index in [1.807, 2.05) is 25.1 Å². The molecule has 2 N–H and O–H groups in total. The van der Waals surface area contributed by atoms with Gasteiger partial charge in [0.1, 0.15) is 0 Å². The van der Waals surface area contributed by atoms with Crippen LogP contribution < -0.4 is 10.6 Å². The fourth-order valence-corrected chi connectivity index (χ4v) is 2.98. The highest BCUT2D eigenvalue weighted by atomic mass is 79.9. The van der Waals surface area contributed by atoms with Gasteiger partial charge in [0.2, 0.25) is 5.91 Å². The van der Waals surface area contributed by atoms with Crippen LogP contribution in [0.1, 0.15) is 18.4 Å². The SMILES string of the molecule is COCC1(C(=O)Nc2cccc(Br)c2C)CCNCC1.Cl. The van der Waals surface area contributed by atoms with E-state index in [9.17, 15) is 4.79 Å². The van der Waals surface area contributed by atoms with Gasteiger partial charge in [-0.2, -0.15) is 0 Å². The Bertz CT molecular complexity index is 485. The second kappa shape index (κ2) is 8.13. The lowest BCUT2D eigenvalue weighted by Crippen LogP contribution is -2.47. The number of ether oxygens (including phenoxy) is 1. The molecule has 0 spiro atoms. The fourth-order valence-electron chi connectivity index (χ4n) is 2.62. The molecule has 0 atom stereocenters. The molecule has 1 fully saturated rings. The highest BCUT2D eigenvalue weighted by molar-refractivity contribution is 9.10. The first-order chi connectivity index (χ1) is 9.59. The highest BCUT2D eigenvalue weighted by Gasteiger charge is 2.39. The van der Waals surface area contributed by atoms with Crippen molar-refractivity contribution in [1.29, 1.82) is 0 Å². The average Bonchev–Trinajstić information content (AvgIpc) is 2.45. The van der Waals surface area contributed by atoms with E-state index in [0.29, 0.717) is 6.61 Å². The molecule has 0 saturated carbocycles. The molecule has 1 aromatic rings. The van der Waals surface area contributed by atoms with Crippen molar-refractivity contribution in [1.82, 2.24) is 5.32 Å². The Kier molecular flexibility index (Phi) is 7.13. The van der Waals surface area contributed by atoms with Crippen molar-refractivity contribution in [3.63, 3.8) is 0 Å². The topological polar surface area (TPSA) is 50.4 Å². The van der Waals surface area contributed by atoms with Gasteiger partial charge in [-0.25, -0.2) is 0 Å². The zero-order chi connectivity index (χ0) is 14.6. The van der Waals surface area contributed by atoms with Crippen LogP contribution in [0.15, 0.2) is 22.7 Å². The molecular weight excluding hydrogens is 356 g/mol. The van der Waals surface area contributed by atoms with Gasteiger partial charge in [-0.05, 0) is 50.6 Å². The van der Waals surface area contributed by atoms with Crippen molar-refractivity contribution in [3.8, 4) is 0 Å². The van der Waals surface area contributed by atoms with E-state index in [1.54, 1.807) is 7.11 Å². The zero-order valence-electron chi connectivity index (χ0n) is 12.4. The Hall–Kier alpha value is -0.620. The molecule has 1 aliphatic heterocycles. The van der Waals surface area contributed by atoms with E-state index in [-0.39, 0.29) is 18.3 Å². The van der Waals surface area contributed by atoms with Crippen molar-refractivity contribution in [2.45, 2.75) is 19.8 Å². The van der Waals surface area contributed by atoms with E-state index in [1.165, 1.54) is 0 Å². The summed E-state index contributed by atoms with van der Waals surface area (Å²) in [6, 6.07) is 5.83. The van der Waals surface area contributed by atoms with E-state index >= 15 is 0 Å². The minimum atomic E-state index is -0.422. The van der Waals surface area contributed by atoms with Crippen LogP contribution in [0.2, 0.25) is 0 Å². The standard InChI is InChI=1S/C15H21BrN2O2.ClH/c1-11-12(16)4-3-5-13(11)18-14(19)15(10-20-2)6-8-17-9-7-15;/h3-5,17H,6-10H2,1-2H3,(H,18,19);1H. The van der Waals surface area contributed by atoms with Crippen LogP contribution in [0.25, 0.3) is 0 Å². The summed E-state index contributed by atoms with van der Waals surface area (Å²) < 4.78 is 6.30. The van der Waals surface area contributed by atoms with Crippen molar-refractivity contribution >= 4 is 39.9 Å². The van der Waals surface area contributed by atoms with Gasteiger partial charge in [-0.1, -0.05) is 22.0 Å². The predicted molar refractivity (Wildman–Crippen MR) is 91.2 cm³/mol. The molecule has 6 heteroatoms. The van der Waals surface area contributed by atoms with Gasteiger partial charge < -0.3 is 15.4 Å². The number of carbonyl (C=O) groups excluding carboxylic acids is 1. The van der Waals surface area contributed by atoms with Crippen LogP contribution in [0.3, 0.4) is 0 Å². The number of benzene rings is 1. The summed E-state index contributed by atoms with van der Waals surface area (Å²) in [5.74, 6) is 0.0575. The monoisotopic (exact) mass is 376 g/mol. The Morgan fingerprint density at radius 3 is 2.71 bits per heavy atom. The molecule has 2 rings (SSSR count). The van der Waals surface area contributed by atoms with Crippen molar-refractivity contribution in [2.75, 3.05) is 32.1 Å². The van der Waals surface area contributed by atoms with Crippen molar-refractivity contribution in [2.24, 2.45) is 5.41 Å². The number of halogens is 2. The third-order valence-corrected chi connectivity index (χ3v) is 4.84. The maximum atomic E-state index is 12.7. The first-order valence-electron chi connectivity index (χ1n) is 6.85. The van der Waals surface area contributed by atoms with Gasteiger partial charge in [0.25, 0.3) is 0 Å². The van der Waals surface area contributed by atoms with E-state index in [2.05, 4.69) is 26.6 Å². The maximum absolute atomic E-state index is 12.7. The summed E-state index contributed by atoms with van der Waals surface area (Å²) in [5.41, 5.74) is 1.48. The Morgan fingerprint density at radius 1 is 1.43 bits per heavy atom. The normalized spacial score (nSPS) is 16.9. The molecule has 1 aliphatic rings. The zero-order valence-corrected chi connectivity index (χ0v) is 14.8. The highest BCUT2D eigenvalue weighted by Crippen LogP contribution is 2.32. The first kappa shape index (κ1) is 18.4. The Labute approximate surface area is 140 Å². The number of rotatable bonds is 4. The number of hydrogen-bond donors (Lipinski definition) is 2. The molecule has 0 radical (unpaired) electrons. The third kappa shape index (κ3) is 4.19. The second-order valence-corrected chi connectivity index (χ2v) is 6.18. The molecule has 1 amide bonds. The Balaban J connectivity index is 0.00000220. The maximum Gasteiger partial charge on any atom is 0.233 e. The fraction of sp³-hybridized carbons (Fsp3) is 0.533. The quantitative estimate of drug-likeness (QED) is 0.847. The summed E-state index contributed by atoms with van der Waals surface area (Å²) in [6.45, 7) is 4.17. The minimum Gasteiger partial charge on any atom is -0.384 e. The molecular formula is C15H22BrClN2O2. The largest absolute Gasteiger partial charge is 0.384 e. The number of carbonyl (C=O) groups is 1. The van der Waals surface area contributed by atoms with Crippen LogP contribution in [-0.2, 0) is 9.53 Å². The van der Waals surface area contributed by atoms with Gasteiger partial charge >= 0.3 is 0 Å². The number of nitrogens with one attached hydrogen (secondary N) is 2. The summed E-state index contributed by atoms with van der Waals surface area (Å²) in [7, 11) is 1.65. The van der Waals surface area contributed by atoms with Crippen LogP contribution >= 0.6 is 28.3 Å². The van der Waals surface area contributed by atoms with Crippen LogP contribution in [-0.4, -0.2) is 32.7 Å². The molecule has 21 heavy (non-hydrogen) atoms. The Morgan fingerprint density at radius 2 is 2.10 bits per heavy atom. The van der Waals surface area contributed by atoms with Gasteiger partial charge in [0, 0.05) is 17.3 Å². The molecule has 1 aromatic carbocycles. The first-order valence-corrected chi connectivity index (χ1v) is 7.64. The molecule has 4 nitrogen and oxygen atoms in total. The van der Waals surface area contributed by atoms with E-state index in [0.717, 1.165) is 41.7 Å². The summed E-state index contributed by atoms with van der Waals surface area (Å²) in [5, 5.41) is 6.36. The van der Waals surface area contributed by atoms with E-state index in [4.69, 9.17) is 4.74 Å². The lowest BCUT2D eigenvalue weighted by atomic mass is 9.78. The second-order valence-electron chi connectivity index (χ2n) is 5.33. The van der Waals surface area contributed by atoms with E-state index < -0.39 is 5.41 Å². The number of amides is 1. The molecule has 118 valence electrons. The number of anilines is 1. The third-order valence-electron chi connectivity index (χ3n) is 3.98. The van der Waals surface area contributed by atoms with Gasteiger partial charge in [-0.15, -0.1) is 12.4 Å². The van der Waals surface area contributed by atoms with Gasteiger partial charge in [0.15, 0.2) is 0 Å². The van der Waals surface area contributed by atoms with Crippen LogP contribution in [0.5, 0.6) is 0 Å². The molecule has 0 bridgehead atoms. The number of piperidine rings is 1. The lowest BCUT2D eigenvalue weighted by molar-refractivity contribution is -0.130. The molecule has 0 aliphatic carbocycles. The minimum absolute atomic E-state index is 0. The molecule has 0 aromatic heterocycles. The summed E-state index contributed by atoms with van der Waals surface area (Å²) >= 11 is 3.49. The molecule has 1 heterocycles. The van der Waals surface area contributed by atoms with Crippen molar-refractivity contribution in [3.05, 3.63) is 28.2 Å². The summed E-state index contributed by atoms with van der Waals surface area (Å²) in [6.07, 6.45) is 1.61. The molecule has 1 saturated heterocycles. The van der Waals surface area contributed by atoms with Crippen molar-refractivity contribution < 1.29 is 9.53 Å². The van der Waals surface area contributed by atoms with Gasteiger partial charge in [-0.3, -0.25) is 4.79 Å². The van der Waals surface area contributed by atoms with Crippen LogP contribution in [0, 0.1) is 12.3 Å². The smallest absolute Gasteiger partial charge is 0.233 e. The molecule has 0 unspecified atom stereocenters. The predicted octanol–water partition coefficient (Wildman–Crippen LogP) is 3.13. The average molecular weight is 378 g/mol.